The van der Waals surface area contributed by atoms with E-state index >= 15 is 0 Å². The van der Waals surface area contributed by atoms with Crippen LogP contribution in [0.4, 0.5) is 0 Å². The van der Waals surface area contributed by atoms with Crippen LogP contribution < -0.4 is 5.73 Å². The predicted molar refractivity (Wildman–Crippen MR) is 121 cm³/mol. The van der Waals surface area contributed by atoms with Crippen molar-refractivity contribution in [2.24, 2.45) is 15.7 Å². The second-order valence-electron chi connectivity index (χ2n) is 7.41. The van der Waals surface area contributed by atoms with Gasteiger partial charge in [0.15, 0.2) is 0 Å². The summed E-state index contributed by atoms with van der Waals surface area (Å²) in [5, 5.41) is 27.7. The quantitative estimate of drug-likeness (QED) is 0.501. The van der Waals surface area contributed by atoms with Gasteiger partial charge in [0.25, 0.3) is 0 Å². The summed E-state index contributed by atoms with van der Waals surface area (Å²) >= 11 is 0. The van der Waals surface area contributed by atoms with Crippen molar-refractivity contribution < 1.29 is 10.2 Å². The maximum absolute atomic E-state index is 9.77. The van der Waals surface area contributed by atoms with E-state index in [1.54, 1.807) is 12.4 Å². The molecule has 0 amide bonds. The first-order valence-corrected chi connectivity index (χ1v) is 10.7. The molecule has 31 heavy (non-hydrogen) atoms. The molecule has 9 heteroatoms. The van der Waals surface area contributed by atoms with Crippen LogP contribution in [-0.4, -0.2) is 61.0 Å². The first kappa shape index (κ1) is 22.6. The van der Waals surface area contributed by atoms with Gasteiger partial charge >= 0.3 is 0 Å². The number of aliphatic imine (C=N–C) groups is 2. The lowest BCUT2D eigenvalue weighted by atomic mass is 10.1. The number of hydrogen-bond donors (Lipinski definition) is 3. The van der Waals surface area contributed by atoms with Gasteiger partial charge in [0.1, 0.15) is 0 Å². The lowest BCUT2D eigenvalue weighted by molar-refractivity contribution is 0.140. The molecule has 0 fully saturated rings. The molecular weight excluding hydrogens is 394 g/mol. The highest BCUT2D eigenvalue weighted by atomic mass is 16.3. The zero-order valence-electron chi connectivity index (χ0n) is 18.1. The zero-order chi connectivity index (χ0) is 22.2. The molecule has 0 bridgehead atoms. The van der Waals surface area contributed by atoms with Gasteiger partial charge in [-0.15, -0.1) is 0 Å². The van der Waals surface area contributed by atoms with E-state index in [4.69, 9.17) is 15.8 Å². The zero-order valence-corrected chi connectivity index (χ0v) is 18.1. The van der Waals surface area contributed by atoms with E-state index in [9.17, 15) is 5.11 Å². The number of hydrogen-bond acceptors (Lipinski definition) is 7. The van der Waals surface area contributed by atoms with Crippen molar-refractivity contribution in [1.29, 1.82) is 0 Å². The van der Waals surface area contributed by atoms with E-state index in [2.05, 4.69) is 29.0 Å². The molecule has 166 valence electrons. The minimum Gasteiger partial charge on any atom is -0.404 e. The molecule has 3 heterocycles. The Morgan fingerprint density at radius 3 is 2.84 bits per heavy atom. The molecule has 9 nitrogen and oxygen atoms in total. The number of aliphatic hydroxyl groups excluding tert-OH is 2. The van der Waals surface area contributed by atoms with E-state index < -0.39 is 6.10 Å². The van der Waals surface area contributed by atoms with Gasteiger partial charge in [-0.25, -0.2) is 4.99 Å². The minimum atomic E-state index is -0.691. The third-order valence-corrected chi connectivity index (χ3v) is 5.32. The van der Waals surface area contributed by atoms with Crippen molar-refractivity contribution in [3.05, 3.63) is 59.5 Å². The smallest absolute Gasteiger partial charge is 0.0994 e. The first-order chi connectivity index (χ1) is 15.1. The van der Waals surface area contributed by atoms with Gasteiger partial charge < -0.3 is 15.9 Å². The highest BCUT2D eigenvalue weighted by molar-refractivity contribution is 6.12. The molecule has 1 unspecified atom stereocenters. The number of fused-ring (bicyclic) bond motifs is 1. The maximum atomic E-state index is 9.77. The molecule has 2 aromatic heterocycles. The second kappa shape index (κ2) is 10.8. The van der Waals surface area contributed by atoms with Crippen molar-refractivity contribution in [2.45, 2.75) is 51.8 Å². The van der Waals surface area contributed by atoms with E-state index in [1.807, 2.05) is 33.9 Å². The summed E-state index contributed by atoms with van der Waals surface area (Å²) in [6.07, 6.45) is 12.2. The third-order valence-electron chi connectivity index (χ3n) is 5.32. The Kier molecular flexibility index (Phi) is 7.91. The Bertz CT molecular complexity index is 980. The van der Waals surface area contributed by atoms with Gasteiger partial charge in [0.2, 0.25) is 0 Å². The number of aliphatic hydroxyl groups is 2. The molecule has 1 aliphatic rings. The van der Waals surface area contributed by atoms with Gasteiger partial charge in [0, 0.05) is 42.6 Å². The van der Waals surface area contributed by atoms with Crippen LogP contribution in [0, 0.1) is 0 Å². The van der Waals surface area contributed by atoms with Crippen LogP contribution in [0.3, 0.4) is 0 Å². The lowest BCUT2D eigenvalue weighted by Gasteiger charge is -2.12. The van der Waals surface area contributed by atoms with Crippen LogP contribution in [-0.2, 0) is 6.54 Å². The Labute approximate surface area is 182 Å². The number of aromatic nitrogens is 4. The van der Waals surface area contributed by atoms with Crippen molar-refractivity contribution in [3.8, 4) is 0 Å². The summed E-state index contributed by atoms with van der Waals surface area (Å²) in [6, 6.07) is 2.28. The van der Waals surface area contributed by atoms with Crippen LogP contribution in [0.5, 0.6) is 0 Å². The second-order valence-corrected chi connectivity index (χ2v) is 7.41. The number of nitrogens with two attached hydrogens (primary N) is 1. The highest BCUT2D eigenvalue weighted by Gasteiger charge is 2.20. The summed E-state index contributed by atoms with van der Waals surface area (Å²) in [6.45, 7) is 4.97. The van der Waals surface area contributed by atoms with Crippen molar-refractivity contribution in [2.75, 3.05) is 13.2 Å². The SMILES string of the molecule is CCC(CC)n1cc(C2=NC(C(C=NCC(O)CCO)=CN)=CCn3nccc32)cn1. The van der Waals surface area contributed by atoms with Crippen LogP contribution >= 0.6 is 0 Å². The average molecular weight is 426 g/mol. The lowest BCUT2D eigenvalue weighted by Crippen LogP contribution is -2.13. The van der Waals surface area contributed by atoms with Crippen molar-refractivity contribution >= 4 is 11.9 Å². The Hall–Kier alpha value is -3.04. The van der Waals surface area contributed by atoms with Gasteiger partial charge in [-0.1, -0.05) is 13.8 Å². The third kappa shape index (κ3) is 5.36. The summed E-state index contributed by atoms with van der Waals surface area (Å²) in [5.41, 5.74) is 9.78. The normalized spacial score (nSPS) is 15.7. The van der Waals surface area contributed by atoms with Gasteiger partial charge in [0.05, 0.1) is 48.5 Å². The van der Waals surface area contributed by atoms with E-state index in [1.165, 1.54) is 6.20 Å². The molecular formula is C22H31N7O2. The summed E-state index contributed by atoms with van der Waals surface area (Å²) < 4.78 is 3.88. The Morgan fingerprint density at radius 1 is 1.32 bits per heavy atom. The number of rotatable bonds is 10. The number of allylic oxidation sites excluding steroid dienone is 2. The fraction of sp³-hybridized carbons (Fsp3) is 0.455. The van der Waals surface area contributed by atoms with E-state index in [-0.39, 0.29) is 19.6 Å². The van der Waals surface area contributed by atoms with Gasteiger partial charge in [-0.3, -0.25) is 14.4 Å². The van der Waals surface area contributed by atoms with Crippen LogP contribution in [0.25, 0.3) is 0 Å². The standard InChI is InChI=1S/C22H31N7O2/c1-3-18(4-2)29-15-17(13-26-29)22-21-5-8-25-28(21)9-6-20(27-22)16(11-23)12-24-14-19(31)7-10-30/h5-6,8,11-13,15,18-19,30-31H,3-4,7,9-10,14,23H2,1-2H3. The van der Waals surface area contributed by atoms with Gasteiger partial charge in [-0.2, -0.15) is 10.2 Å². The van der Waals surface area contributed by atoms with Crippen LogP contribution in [0.15, 0.2) is 58.2 Å². The fourth-order valence-corrected chi connectivity index (χ4v) is 3.50. The van der Waals surface area contributed by atoms with Crippen LogP contribution in [0.1, 0.15) is 50.4 Å². The molecule has 4 N–H and O–H groups in total. The minimum absolute atomic E-state index is 0.0782. The van der Waals surface area contributed by atoms with Crippen molar-refractivity contribution in [1.82, 2.24) is 19.6 Å². The molecule has 0 radical (unpaired) electrons. The monoisotopic (exact) mass is 425 g/mol. The summed E-state index contributed by atoms with van der Waals surface area (Å²) in [4.78, 5) is 9.18. The van der Waals surface area contributed by atoms with Gasteiger partial charge in [-0.05, 0) is 31.4 Å². The summed E-state index contributed by atoms with van der Waals surface area (Å²) in [5.74, 6) is 0. The van der Waals surface area contributed by atoms with Crippen molar-refractivity contribution in [3.63, 3.8) is 0 Å². The van der Waals surface area contributed by atoms with Crippen LogP contribution in [0.2, 0.25) is 0 Å². The molecule has 3 rings (SSSR count). The molecule has 0 aliphatic carbocycles. The first-order valence-electron chi connectivity index (χ1n) is 10.7. The largest absolute Gasteiger partial charge is 0.404 e. The molecule has 0 saturated heterocycles. The highest BCUT2D eigenvalue weighted by Crippen LogP contribution is 2.22. The van der Waals surface area contributed by atoms with E-state index in [0.717, 1.165) is 29.8 Å². The average Bonchev–Trinajstić information content (AvgIpc) is 3.40. The fourth-order valence-electron chi connectivity index (χ4n) is 3.50. The topological polar surface area (TPSA) is 127 Å². The van der Waals surface area contributed by atoms with E-state index in [0.29, 0.717) is 23.9 Å². The number of nitrogens with zero attached hydrogens (tertiary/aromatic N) is 6. The predicted octanol–water partition coefficient (Wildman–Crippen LogP) is 1.83. The molecule has 0 spiro atoms. The Balaban J connectivity index is 1.92. The molecule has 1 aliphatic heterocycles. The summed E-state index contributed by atoms with van der Waals surface area (Å²) in [7, 11) is 0. The molecule has 0 saturated carbocycles. The molecule has 2 aromatic rings. The molecule has 0 aromatic carbocycles. The maximum Gasteiger partial charge on any atom is 0.0994 e. The Morgan fingerprint density at radius 2 is 2.13 bits per heavy atom. The molecule has 1 atom stereocenters.